The van der Waals surface area contributed by atoms with Crippen LogP contribution in [0.15, 0.2) is 45.3 Å². The molecule has 0 aliphatic heterocycles. The van der Waals surface area contributed by atoms with Gasteiger partial charge in [0.05, 0.1) is 6.61 Å². The van der Waals surface area contributed by atoms with Gasteiger partial charge in [0.2, 0.25) is 0 Å². The van der Waals surface area contributed by atoms with Crippen molar-refractivity contribution < 1.29 is 14.2 Å². The summed E-state index contributed by atoms with van der Waals surface area (Å²) in [4.78, 5) is 0. The van der Waals surface area contributed by atoms with Crippen LogP contribution in [0.25, 0.3) is 0 Å². The van der Waals surface area contributed by atoms with Gasteiger partial charge in [-0.25, -0.2) is 4.39 Å². The summed E-state index contributed by atoms with van der Waals surface area (Å²) in [6, 6.07) is 9.57. The van der Waals surface area contributed by atoms with E-state index in [4.69, 9.17) is 9.84 Å². The lowest BCUT2D eigenvalue weighted by molar-refractivity contribution is 0.281. The van der Waals surface area contributed by atoms with E-state index < -0.39 is 5.82 Å². The first-order chi connectivity index (χ1) is 8.60. The molecule has 0 radical (unpaired) electrons. The van der Waals surface area contributed by atoms with Gasteiger partial charge >= 0.3 is 0 Å². The third-order valence-electron chi connectivity index (χ3n) is 2.32. The van der Waals surface area contributed by atoms with Crippen LogP contribution in [-0.4, -0.2) is 5.11 Å². The van der Waals surface area contributed by atoms with Gasteiger partial charge in [0, 0.05) is 8.95 Å². The number of rotatable bonds is 3. The number of benzene rings is 2. The molecule has 2 nitrogen and oxygen atoms in total. The van der Waals surface area contributed by atoms with Gasteiger partial charge in [-0.2, -0.15) is 0 Å². The average Bonchev–Trinajstić information content (AvgIpc) is 2.34. The van der Waals surface area contributed by atoms with E-state index in [-0.39, 0.29) is 12.4 Å². The van der Waals surface area contributed by atoms with Crippen LogP contribution >= 0.6 is 31.9 Å². The van der Waals surface area contributed by atoms with Gasteiger partial charge in [-0.1, -0.05) is 37.9 Å². The van der Waals surface area contributed by atoms with E-state index in [9.17, 15) is 4.39 Å². The topological polar surface area (TPSA) is 29.5 Å². The van der Waals surface area contributed by atoms with Crippen molar-refractivity contribution in [2.75, 3.05) is 0 Å². The summed E-state index contributed by atoms with van der Waals surface area (Å²) in [6.07, 6.45) is 0. The van der Waals surface area contributed by atoms with E-state index in [2.05, 4.69) is 31.9 Å². The second-order valence-corrected chi connectivity index (χ2v) is 5.36. The Labute approximate surface area is 121 Å². The molecule has 2 aromatic carbocycles. The fourth-order valence-electron chi connectivity index (χ4n) is 1.40. The van der Waals surface area contributed by atoms with Gasteiger partial charge in [0.15, 0.2) is 11.6 Å². The largest absolute Gasteiger partial charge is 0.454 e. The van der Waals surface area contributed by atoms with Crippen molar-refractivity contribution in [1.29, 1.82) is 0 Å². The van der Waals surface area contributed by atoms with Gasteiger partial charge in [-0.15, -0.1) is 0 Å². The standard InChI is InChI=1S/C13H9Br2FO2/c14-9-2-4-12(16)13(5-9)18-10-3-1-8(7-17)11(15)6-10/h1-6,17H,7H2. The quantitative estimate of drug-likeness (QED) is 0.847. The Hall–Kier alpha value is -0.910. The molecule has 0 fully saturated rings. The minimum absolute atomic E-state index is 0.0634. The molecule has 0 aliphatic rings. The molecule has 0 heterocycles. The van der Waals surface area contributed by atoms with Crippen molar-refractivity contribution in [1.82, 2.24) is 0 Å². The first-order valence-electron chi connectivity index (χ1n) is 5.12. The number of hydrogen-bond donors (Lipinski definition) is 1. The fraction of sp³-hybridized carbons (Fsp3) is 0.0769. The number of hydrogen-bond acceptors (Lipinski definition) is 2. The van der Waals surface area contributed by atoms with Crippen molar-refractivity contribution in [2.45, 2.75) is 6.61 Å². The molecule has 2 rings (SSSR count). The molecule has 0 spiro atoms. The molecule has 5 heteroatoms. The van der Waals surface area contributed by atoms with Crippen molar-refractivity contribution in [3.8, 4) is 11.5 Å². The van der Waals surface area contributed by atoms with E-state index in [1.54, 1.807) is 30.3 Å². The molecule has 0 bridgehead atoms. The van der Waals surface area contributed by atoms with Crippen LogP contribution in [0.2, 0.25) is 0 Å². The summed E-state index contributed by atoms with van der Waals surface area (Å²) in [7, 11) is 0. The number of aliphatic hydroxyl groups excluding tert-OH is 1. The molecule has 0 saturated carbocycles. The molecule has 1 N–H and O–H groups in total. The van der Waals surface area contributed by atoms with Crippen LogP contribution in [0.1, 0.15) is 5.56 Å². The van der Waals surface area contributed by atoms with Crippen LogP contribution < -0.4 is 4.74 Å². The van der Waals surface area contributed by atoms with E-state index in [0.29, 0.717) is 5.75 Å². The molecule has 0 aliphatic carbocycles. The van der Waals surface area contributed by atoms with E-state index >= 15 is 0 Å². The smallest absolute Gasteiger partial charge is 0.165 e. The maximum atomic E-state index is 13.5. The summed E-state index contributed by atoms with van der Waals surface area (Å²) in [5.74, 6) is 0.213. The zero-order valence-electron chi connectivity index (χ0n) is 9.16. The second kappa shape index (κ2) is 5.82. The van der Waals surface area contributed by atoms with Gasteiger partial charge in [0.25, 0.3) is 0 Å². The number of halogens is 3. The lowest BCUT2D eigenvalue weighted by Crippen LogP contribution is -1.90. The summed E-state index contributed by atoms with van der Waals surface area (Å²) in [5.41, 5.74) is 0.747. The van der Waals surface area contributed by atoms with Crippen molar-refractivity contribution in [3.05, 3.63) is 56.7 Å². The van der Waals surface area contributed by atoms with Crippen molar-refractivity contribution >= 4 is 31.9 Å². The fourth-order valence-corrected chi connectivity index (χ4v) is 2.23. The normalized spacial score (nSPS) is 10.4. The minimum atomic E-state index is -0.430. The van der Waals surface area contributed by atoms with Crippen LogP contribution in [0.4, 0.5) is 4.39 Å². The highest BCUT2D eigenvalue weighted by molar-refractivity contribution is 9.10. The Morgan fingerprint density at radius 2 is 1.89 bits per heavy atom. The minimum Gasteiger partial charge on any atom is -0.454 e. The third kappa shape index (κ3) is 3.10. The first kappa shape index (κ1) is 13.5. The lowest BCUT2D eigenvalue weighted by atomic mass is 10.2. The molecule has 18 heavy (non-hydrogen) atoms. The van der Waals surface area contributed by atoms with Crippen LogP contribution in [0.3, 0.4) is 0 Å². The molecule has 0 amide bonds. The van der Waals surface area contributed by atoms with Crippen molar-refractivity contribution in [2.24, 2.45) is 0 Å². The molecule has 0 unspecified atom stereocenters. The molecular formula is C13H9Br2FO2. The molecular weight excluding hydrogens is 367 g/mol. The van der Waals surface area contributed by atoms with Gasteiger partial charge in [-0.05, 0) is 35.9 Å². The molecule has 0 aromatic heterocycles. The first-order valence-corrected chi connectivity index (χ1v) is 6.71. The monoisotopic (exact) mass is 374 g/mol. The van der Waals surface area contributed by atoms with Gasteiger partial charge in [0.1, 0.15) is 5.75 Å². The third-order valence-corrected chi connectivity index (χ3v) is 3.55. The van der Waals surface area contributed by atoms with Crippen LogP contribution in [-0.2, 0) is 6.61 Å². The van der Waals surface area contributed by atoms with E-state index in [1.807, 2.05) is 0 Å². The van der Waals surface area contributed by atoms with Gasteiger partial charge < -0.3 is 9.84 Å². The Kier molecular flexibility index (Phi) is 4.37. The second-order valence-electron chi connectivity index (χ2n) is 3.59. The predicted molar refractivity (Wildman–Crippen MR) is 74.2 cm³/mol. The SMILES string of the molecule is OCc1ccc(Oc2cc(Br)ccc2F)cc1Br. The number of ether oxygens (including phenoxy) is 1. The van der Waals surface area contributed by atoms with Crippen LogP contribution in [0, 0.1) is 5.82 Å². The van der Waals surface area contributed by atoms with Gasteiger partial charge in [-0.3, -0.25) is 0 Å². The van der Waals surface area contributed by atoms with E-state index in [0.717, 1.165) is 14.5 Å². The highest BCUT2D eigenvalue weighted by Crippen LogP contribution is 2.30. The average molecular weight is 376 g/mol. The Bertz CT molecular complexity index is 573. The number of aliphatic hydroxyl groups is 1. The Balaban J connectivity index is 2.28. The lowest BCUT2D eigenvalue weighted by Gasteiger charge is -2.09. The highest BCUT2D eigenvalue weighted by atomic mass is 79.9. The Morgan fingerprint density at radius 1 is 1.11 bits per heavy atom. The molecule has 0 saturated heterocycles. The summed E-state index contributed by atoms with van der Waals surface area (Å²) >= 11 is 6.57. The van der Waals surface area contributed by atoms with E-state index in [1.165, 1.54) is 6.07 Å². The van der Waals surface area contributed by atoms with Crippen molar-refractivity contribution in [3.63, 3.8) is 0 Å². The zero-order chi connectivity index (χ0) is 13.1. The summed E-state index contributed by atoms with van der Waals surface area (Å²) < 4.78 is 20.4. The van der Waals surface area contributed by atoms with Crippen LogP contribution in [0.5, 0.6) is 11.5 Å². The summed E-state index contributed by atoms with van der Waals surface area (Å²) in [5, 5.41) is 9.04. The molecule has 2 aromatic rings. The maximum absolute atomic E-state index is 13.5. The predicted octanol–water partition coefficient (Wildman–Crippen LogP) is 4.64. The molecule has 0 atom stereocenters. The Morgan fingerprint density at radius 3 is 2.56 bits per heavy atom. The maximum Gasteiger partial charge on any atom is 0.165 e. The molecule has 94 valence electrons. The summed E-state index contributed by atoms with van der Waals surface area (Å²) in [6.45, 7) is -0.0634. The zero-order valence-corrected chi connectivity index (χ0v) is 12.3. The highest BCUT2D eigenvalue weighted by Gasteiger charge is 2.07.